The first-order valence-corrected chi connectivity index (χ1v) is 6.63. The smallest absolute Gasteiger partial charge is 0.325 e. The minimum atomic E-state index is -1.02. The van der Waals surface area contributed by atoms with Crippen LogP contribution in [0.2, 0.25) is 0 Å². The molecule has 0 bridgehead atoms. The number of aromatic nitrogens is 2. The zero-order valence-electron chi connectivity index (χ0n) is 11.9. The molecule has 0 fully saturated rings. The summed E-state index contributed by atoms with van der Waals surface area (Å²) >= 11 is 0. The van der Waals surface area contributed by atoms with Crippen LogP contribution in [0.5, 0.6) is 0 Å². The zero-order valence-corrected chi connectivity index (χ0v) is 11.9. The Morgan fingerprint density at radius 1 is 1.33 bits per heavy atom. The van der Waals surface area contributed by atoms with E-state index in [4.69, 9.17) is 5.11 Å². The SMILES string of the molecule is COC(=O)CCCCCNC(=O)c1ccn(CC(=O)O)n1. The first kappa shape index (κ1) is 16.7. The van der Waals surface area contributed by atoms with E-state index in [0.717, 1.165) is 19.3 Å². The monoisotopic (exact) mass is 297 g/mol. The molecule has 1 amide bonds. The molecule has 8 nitrogen and oxygen atoms in total. The summed E-state index contributed by atoms with van der Waals surface area (Å²) in [4.78, 5) is 33.1. The summed E-state index contributed by atoms with van der Waals surface area (Å²) in [5.74, 6) is -1.59. The van der Waals surface area contributed by atoms with Gasteiger partial charge in [-0.25, -0.2) is 0 Å². The molecule has 1 heterocycles. The fraction of sp³-hybridized carbons (Fsp3) is 0.538. The summed E-state index contributed by atoms with van der Waals surface area (Å²) in [7, 11) is 1.35. The fourth-order valence-electron chi connectivity index (χ4n) is 1.68. The predicted octanol–water partition coefficient (Wildman–Crippen LogP) is 0.431. The van der Waals surface area contributed by atoms with E-state index in [0.29, 0.717) is 13.0 Å². The van der Waals surface area contributed by atoms with E-state index < -0.39 is 5.97 Å². The molecule has 8 heteroatoms. The average molecular weight is 297 g/mol. The Hall–Kier alpha value is -2.38. The second-order valence-corrected chi connectivity index (χ2v) is 4.43. The van der Waals surface area contributed by atoms with Crippen LogP contribution in [0.1, 0.15) is 36.2 Å². The molecule has 21 heavy (non-hydrogen) atoms. The highest BCUT2D eigenvalue weighted by atomic mass is 16.5. The van der Waals surface area contributed by atoms with Crippen molar-refractivity contribution >= 4 is 17.8 Å². The molecule has 0 spiro atoms. The maximum atomic E-state index is 11.7. The Balaban J connectivity index is 2.20. The molecule has 0 atom stereocenters. The molecule has 0 saturated heterocycles. The molecule has 0 aliphatic rings. The molecule has 0 aliphatic heterocycles. The van der Waals surface area contributed by atoms with Gasteiger partial charge in [-0.1, -0.05) is 6.42 Å². The third-order valence-electron chi connectivity index (χ3n) is 2.74. The summed E-state index contributed by atoms with van der Waals surface area (Å²) in [6.07, 6.45) is 4.10. The average Bonchev–Trinajstić information content (AvgIpc) is 2.89. The number of hydrogen-bond acceptors (Lipinski definition) is 5. The van der Waals surface area contributed by atoms with Gasteiger partial charge in [0.2, 0.25) is 0 Å². The van der Waals surface area contributed by atoms with Crippen LogP contribution in [0, 0.1) is 0 Å². The van der Waals surface area contributed by atoms with Gasteiger partial charge in [0, 0.05) is 19.2 Å². The van der Waals surface area contributed by atoms with Crippen LogP contribution in [0.15, 0.2) is 12.3 Å². The number of nitrogens with one attached hydrogen (secondary N) is 1. The van der Waals surface area contributed by atoms with Gasteiger partial charge in [0.1, 0.15) is 12.2 Å². The fourth-order valence-corrected chi connectivity index (χ4v) is 1.68. The van der Waals surface area contributed by atoms with Gasteiger partial charge in [-0.2, -0.15) is 5.10 Å². The lowest BCUT2D eigenvalue weighted by Crippen LogP contribution is -2.25. The van der Waals surface area contributed by atoms with E-state index in [1.807, 2.05) is 0 Å². The number of aliphatic carboxylic acids is 1. The molecular weight excluding hydrogens is 278 g/mol. The molecule has 0 aromatic carbocycles. The normalized spacial score (nSPS) is 10.1. The van der Waals surface area contributed by atoms with Crippen molar-refractivity contribution in [2.75, 3.05) is 13.7 Å². The highest BCUT2D eigenvalue weighted by molar-refractivity contribution is 5.92. The number of hydrogen-bond donors (Lipinski definition) is 2. The Morgan fingerprint density at radius 3 is 2.76 bits per heavy atom. The van der Waals surface area contributed by atoms with Crippen molar-refractivity contribution in [1.29, 1.82) is 0 Å². The van der Waals surface area contributed by atoms with Gasteiger partial charge < -0.3 is 15.2 Å². The number of amides is 1. The van der Waals surface area contributed by atoms with Crippen molar-refractivity contribution in [2.45, 2.75) is 32.2 Å². The molecule has 0 radical (unpaired) electrons. The summed E-state index contributed by atoms with van der Waals surface area (Å²) in [5.41, 5.74) is 0.186. The van der Waals surface area contributed by atoms with Crippen molar-refractivity contribution in [3.63, 3.8) is 0 Å². The van der Waals surface area contributed by atoms with Crippen molar-refractivity contribution in [1.82, 2.24) is 15.1 Å². The van der Waals surface area contributed by atoms with Gasteiger partial charge >= 0.3 is 11.9 Å². The van der Waals surface area contributed by atoms with E-state index in [9.17, 15) is 14.4 Å². The van der Waals surface area contributed by atoms with Gasteiger partial charge in [-0.05, 0) is 18.9 Å². The second kappa shape index (κ2) is 8.72. The van der Waals surface area contributed by atoms with Gasteiger partial charge in [0.25, 0.3) is 5.91 Å². The van der Waals surface area contributed by atoms with Gasteiger partial charge in [-0.3, -0.25) is 19.1 Å². The lowest BCUT2D eigenvalue weighted by molar-refractivity contribution is -0.141. The van der Waals surface area contributed by atoms with Gasteiger partial charge in [-0.15, -0.1) is 0 Å². The first-order chi connectivity index (χ1) is 10.0. The summed E-state index contributed by atoms with van der Waals surface area (Å²) in [6.45, 7) is 0.201. The minimum absolute atomic E-state index is 0.186. The molecular formula is C13H19N3O5. The number of methoxy groups -OCH3 is 1. The third kappa shape index (κ3) is 6.55. The number of nitrogens with zero attached hydrogens (tertiary/aromatic N) is 2. The number of carboxylic acid groups (broad SMARTS) is 1. The van der Waals surface area contributed by atoms with Gasteiger partial charge in [0.05, 0.1) is 7.11 Å². The Morgan fingerprint density at radius 2 is 2.10 bits per heavy atom. The number of carboxylic acids is 1. The molecule has 2 N–H and O–H groups in total. The molecule has 0 aliphatic carbocycles. The van der Waals surface area contributed by atoms with Crippen molar-refractivity contribution < 1.29 is 24.2 Å². The van der Waals surface area contributed by atoms with E-state index >= 15 is 0 Å². The van der Waals surface area contributed by atoms with Crippen molar-refractivity contribution in [2.24, 2.45) is 0 Å². The number of carbonyl (C=O) groups excluding carboxylic acids is 2. The van der Waals surface area contributed by atoms with E-state index in [1.54, 1.807) is 0 Å². The number of rotatable bonds is 9. The summed E-state index contributed by atoms with van der Waals surface area (Å²) in [5, 5.41) is 15.2. The lowest BCUT2D eigenvalue weighted by Gasteiger charge is -2.03. The van der Waals surface area contributed by atoms with Crippen LogP contribution in [0.25, 0.3) is 0 Å². The topological polar surface area (TPSA) is 111 Å². The Kier molecular flexibility index (Phi) is 6.93. The molecule has 116 valence electrons. The van der Waals surface area contributed by atoms with Crippen LogP contribution in [-0.4, -0.2) is 46.4 Å². The summed E-state index contributed by atoms with van der Waals surface area (Å²) in [6, 6.07) is 1.47. The molecule has 1 aromatic heterocycles. The largest absolute Gasteiger partial charge is 0.480 e. The third-order valence-corrected chi connectivity index (χ3v) is 2.74. The second-order valence-electron chi connectivity index (χ2n) is 4.43. The highest BCUT2D eigenvalue weighted by Gasteiger charge is 2.10. The van der Waals surface area contributed by atoms with Crippen LogP contribution in [0.3, 0.4) is 0 Å². The van der Waals surface area contributed by atoms with Gasteiger partial charge in [0.15, 0.2) is 0 Å². The molecule has 0 saturated carbocycles. The maximum Gasteiger partial charge on any atom is 0.325 e. The number of esters is 1. The Labute approximate surface area is 122 Å². The molecule has 0 unspecified atom stereocenters. The predicted molar refractivity (Wildman–Crippen MR) is 72.7 cm³/mol. The van der Waals surface area contributed by atoms with Crippen molar-refractivity contribution in [3.8, 4) is 0 Å². The van der Waals surface area contributed by atoms with Crippen molar-refractivity contribution in [3.05, 3.63) is 18.0 Å². The van der Waals surface area contributed by atoms with Crippen LogP contribution in [0.4, 0.5) is 0 Å². The van der Waals surface area contributed by atoms with Crippen LogP contribution in [-0.2, 0) is 20.9 Å². The highest BCUT2D eigenvalue weighted by Crippen LogP contribution is 2.01. The molecule has 1 rings (SSSR count). The quantitative estimate of drug-likeness (QED) is 0.505. The standard InChI is InChI=1S/C13H19N3O5/c1-21-12(19)5-3-2-4-7-14-13(20)10-6-8-16(15-10)9-11(17)18/h6,8H,2-5,7,9H2,1H3,(H,14,20)(H,17,18). The molecule has 1 aromatic rings. The first-order valence-electron chi connectivity index (χ1n) is 6.63. The van der Waals surface area contributed by atoms with Crippen LogP contribution < -0.4 is 5.32 Å². The minimum Gasteiger partial charge on any atom is -0.480 e. The maximum absolute atomic E-state index is 11.7. The number of ether oxygens (including phenoxy) is 1. The summed E-state index contributed by atoms with van der Waals surface area (Å²) < 4.78 is 5.71. The zero-order chi connectivity index (χ0) is 15.7. The lowest BCUT2D eigenvalue weighted by atomic mass is 10.2. The van der Waals surface area contributed by atoms with Crippen LogP contribution >= 0.6 is 0 Å². The number of unbranched alkanes of at least 4 members (excludes halogenated alkanes) is 2. The Bertz CT molecular complexity index is 498. The van der Waals surface area contributed by atoms with E-state index in [-0.39, 0.29) is 24.1 Å². The van der Waals surface area contributed by atoms with E-state index in [2.05, 4.69) is 15.2 Å². The van der Waals surface area contributed by atoms with E-state index in [1.165, 1.54) is 24.1 Å². The number of carbonyl (C=O) groups is 3.